The monoisotopic (exact) mass is 399 g/mol. The molecule has 9 heteroatoms. The molecule has 2 aromatic rings. The molecule has 28 heavy (non-hydrogen) atoms. The van der Waals surface area contributed by atoms with Crippen molar-refractivity contribution in [3.05, 3.63) is 59.4 Å². The summed E-state index contributed by atoms with van der Waals surface area (Å²) in [6, 6.07) is 7.68. The van der Waals surface area contributed by atoms with Crippen LogP contribution < -0.4 is 10.1 Å². The summed E-state index contributed by atoms with van der Waals surface area (Å²) >= 11 is 0. The zero-order valence-corrected chi connectivity index (χ0v) is 14.8. The smallest absolute Gasteiger partial charge is 0.416 e. The van der Waals surface area contributed by atoms with Gasteiger partial charge in [0.1, 0.15) is 11.6 Å². The zero-order chi connectivity index (χ0) is 20.7. The van der Waals surface area contributed by atoms with E-state index < -0.39 is 36.0 Å². The Morgan fingerprint density at radius 2 is 1.82 bits per heavy atom. The molecule has 1 N–H and O–H groups in total. The Morgan fingerprint density at radius 1 is 1.11 bits per heavy atom. The molecule has 5 nitrogen and oxygen atoms in total. The third kappa shape index (κ3) is 5.70. The first-order chi connectivity index (χ1) is 13.2. The van der Waals surface area contributed by atoms with Crippen molar-refractivity contribution in [3.63, 3.8) is 0 Å². The van der Waals surface area contributed by atoms with Gasteiger partial charge in [-0.3, -0.25) is 4.79 Å². The average Bonchev–Trinajstić information content (AvgIpc) is 2.64. The molecule has 0 spiro atoms. The minimum absolute atomic E-state index is 0.0450. The van der Waals surface area contributed by atoms with Gasteiger partial charge in [0.05, 0.1) is 23.4 Å². The molecular weight excluding hydrogens is 382 g/mol. The maximum atomic E-state index is 13.5. The number of benzene rings is 2. The van der Waals surface area contributed by atoms with Crippen molar-refractivity contribution >= 4 is 17.6 Å². The third-order valence-electron chi connectivity index (χ3n) is 3.47. The van der Waals surface area contributed by atoms with E-state index >= 15 is 0 Å². The fraction of sp³-hybridized carbons (Fsp3) is 0.263. The highest BCUT2D eigenvalue weighted by molar-refractivity contribution is 5.96. The number of halogens is 4. The second-order valence-electron chi connectivity index (χ2n) is 5.66. The van der Waals surface area contributed by atoms with Crippen LogP contribution in [0.4, 0.5) is 23.2 Å². The number of alkyl halides is 3. The summed E-state index contributed by atoms with van der Waals surface area (Å²) in [7, 11) is 0. The number of esters is 1. The second kappa shape index (κ2) is 9.20. The molecule has 1 amide bonds. The van der Waals surface area contributed by atoms with Crippen LogP contribution in [0.3, 0.4) is 0 Å². The van der Waals surface area contributed by atoms with Gasteiger partial charge >= 0.3 is 12.1 Å². The Bertz CT molecular complexity index is 852. The molecule has 0 fully saturated rings. The van der Waals surface area contributed by atoms with Gasteiger partial charge in [-0.1, -0.05) is 19.1 Å². The van der Waals surface area contributed by atoms with Gasteiger partial charge < -0.3 is 14.8 Å². The van der Waals surface area contributed by atoms with E-state index in [1.165, 1.54) is 18.2 Å². The molecule has 0 atom stereocenters. The first kappa shape index (κ1) is 21.2. The van der Waals surface area contributed by atoms with Gasteiger partial charge in [0, 0.05) is 0 Å². The molecule has 0 heterocycles. The lowest BCUT2D eigenvalue weighted by molar-refractivity contribution is -0.137. The number of ether oxygens (including phenoxy) is 2. The number of amides is 1. The molecule has 0 aliphatic heterocycles. The van der Waals surface area contributed by atoms with Gasteiger partial charge in [-0.05, 0) is 36.8 Å². The summed E-state index contributed by atoms with van der Waals surface area (Å²) in [6.07, 6.45) is -4.01. The maximum absolute atomic E-state index is 13.5. The minimum atomic E-state index is -4.61. The molecule has 0 aliphatic rings. The summed E-state index contributed by atoms with van der Waals surface area (Å²) in [5.74, 6) is -2.74. The number of nitrogens with one attached hydrogen (secondary N) is 1. The highest BCUT2D eigenvalue weighted by atomic mass is 19.4. The van der Waals surface area contributed by atoms with E-state index in [9.17, 15) is 27.2 Å². The zero-order valence-electron chi connectivity index (χ0n) is 14.8. The molecule has 0 saturated carbocycles. The van der Waals surface area contributed by atoms with Crippen LogP contribution in [0.25, 0.3) is 0 Å². The lowest BCUT2D eigenvalue weighted by Gasteiger charge is -2.15. The van der Waals surface area contributed by atoms with Gasteiger partial charge in [-0.15, -0.1) is 0 Å². The van der Waals surface area contributed by atoms with Gasteiger partial charge in [-0.25, -0.2) is 9.18 Å². The second-order valence-corrected chi connectivity index (χ2v) is 5.66. The number of rotatable bonds is 7. The van der Waals surface area contributed by atoms with Gasteiger partial charge in [0.2, 0.25) is 0 Å². The lowest BCUT2D eigenvalue weighted by Crippen LogP contribution is -2.22. The summed E-state index contributed by atoms with van der Waals surface area (Å²) in [5, 5.41) is 2.22. The Morgan fingerprint density at radius 3 is 2.46 bits per heavy atom. The van der Waals surface area contributed by atoms with Crippen LogP contribution in [0.1, 0.15) is 29.3 Å². The Kier molecular flexibility index (Phi) is 6.97. The van der Waals surface area contributed by atoms with Gasteiger partial charge in [0.25, 0.3) is 5.91 Å². The van der Waals surface area contributed by atoms with E-state index in [0.29, 0.717) is 6.42 Å². The molecule has 0 aliphatic carbocycles. The molecule has 0 radical (unpaired) electrons. The standard InChI is InChI=1S/C19H17F4NO4/c1-2-9-27-16-8-7-12(19(21,22)23)10-15(16)24-17(25)11-28-18(26)13-5-3-4-6-14(13)20/h3-8,10H,2,9,11H2,1H3,(H,24,25). The molecule has 0 aromatic heterocycles. The highest BCUT2D eigenvalue weighted by Crippen LogP contribution is 2.35. The summed E-state index contributed by atoms with van der Waals surface area (Å²) in [4.78, 5) is 23.8. The van der Waals surface area contributed by atoms with Crippen molar-refractivity contribution in [2.75, 3.05) is 18.5 Å². The fourth-order valence-corrected chi connectivity index (χ4v) is 2.16. The maximum Gasteiger partial charge on any atom is 0.416 e. The number of carbonyl (C=O) groups is 2. The highest BCUT2D eigenvalue weighted by Gasteiger charge is 2.31. The molecule has 0 saturated heterocycles. The van der Waals surface area contributed by atoms with E-state index in [0.717, 1.165) is 24.3 Å². The summed E-state index contributed by atoms with van der Waals surface area (Å²) < 4.78 is 62.3. The van der Waals surface area contributed by atoms with E-state index in [4.69, 9.17) is 9.47 Å². The Hall–Kier alpha value is -3.10. The lowest BCUT2D eigenvalue weighted by atomic mass is 10.1. The molecule has 0 bridgehead atoms. The molecule has 0 unspecified atom stereocenters. The average molecular weight is 399 g/mol. The SMILES string of the molecule is CCCOc1ccc(C(F)(F)F)cc1NC(=O)COC(=O)c1ccccc1F. The first-order valence-electron chi connectivity index (χ1n) is 8.28. The predicted molar refractivity (Wildman–Crippen MR) is 92.5 cm³/mol. The number of hydrogen-bond donors (Lipinski definition) is 1. The Labute approximate surface area is 158 Å². The van der Waals surface area contributed by atoms with Crippen LogP contribution in [0.5, 0.6) is 5.75 Å². The number of anilines is 1. The Balaban J connectivity index is 2.09. The van der Waals surface area contributed by atoms with Crippen LogP contribution >= 0.6 is 0 Å². The van der Waals surface area contributed by atoms with Crippen molar-refractivity contribution < 1.29 is 36.6 Å². The van der Waals surface area contributed by atoms with Crippen LogP contribution in [0, 0.1) is 5.82 Å². The number of carbonyl (C=O) groups excluding carboxylic acids is 2. The van der Waals surface area contributed by atoms with E-state index in [-0.39, 0.29) is 23.6 Å². The molecular formula is C19H17F4NO4. The fourth-order valence-electron chi connectivity index (χ4n) is 2.16. The van der Waals surface area contributed by atoms with Crippen molar-refractivity contribution in [2.24, 2.45) is 0 Å². The van der Waals surface area contributed by atoms with Crippen molar-refractivity contribution in [3.8, 4) is 5.75 Å². The van der Waals surface area contributed by atoms with Crippen molar-refractivity contribution in [2.45, 2.75) is 19.5 Å². The van der Waals surface area contributed by atoms with Crippen molar-refractivity contribution in [1.29, 1.82) is 0 Å². The molecule has 2 aromatic carbocycles. The third-order valence-corrected chi connectivity index (χ3v) is 3.47. The first-order valence-corrected chi connectivity index (χ1v) is 8.28. The van der Waals surface area contributed by atoms with Gasteiger partial charge in [0.15, 0.2) is 6.61 Å². The van der Waals surface area contributed by atoms with E-state index in [2.05, 4.69) is 5.32 Å². The van der Waals surface area contributed by atoms with E-state index in [1.807, 2.05) is 6.92 Å². The number of hydrogen-bond acceptors (Lipinski definition) is 4. The molecule has 2 rings (SSSR count). The quantitative estimate of drug-likeness (QED) is 0.553. The van der Waals surface area contributed by atoms with Gasteiger partial charge in [-0.2, -0.15) is 13.2 Å². The van der Waals surface area contributed by atoms with Crippen LogP contribution in [0.15, 0.2) is 42.5 Å². The van der Waals surface area contributed by atoms with Crippen LogP contribution in [-0.4, -0.2) is 25.1 Å². The van der Waals surface area contributed by atoms with Crippen molar-refractivity contribution in [1.82, 2.24) is 0 Å². The van der Waals surface area contributed by atoms with E-state index in [1.54, 1.807) is 0 Å². The largest absolute Gasteiger partial charge is 0.491 e. The van der Waals surface area contributed by atoms with Crippen LogP contribution in [0.2, 0.25) is 0 Å². The summed E-state index contributed by atoms with van der Waals surface area (Å²) in [5.41, 5.74) is -1.55. The van der Waals surface area contributed by atoms with Crippen LogP contribution in [-0.2, 0) is 15.7 Å². The minimum Gasteiger partial charge on any atom is -0.491 e. The summed E-state index contributed by atoms with van der Waals surface area (Å²) in [6.45, 7) is 1.23. The molecule has 150 valence electrons. The topological polar surface area (TPSA) is 64.6 Å². The predicted octanol–water partition coefficient (Wildman–Crippen LogP) is 4.43. The normalized spacial score (nSPS) is 11.0.